The fourth-order valence-corrected chi connectivity index (χ4v) is 5.47. The molecule has 2 atom stereocenters. The minimum Gasteiger partial charge on any atom is -0.478 e. The van der Waals surface area contributed by atoms with E-state index >= 15 is 0 Å². The number of carboxylic acid groups (broad SMARTS) is 1. The Bertz CT molecular complexity index is 800. The lowest BCUT2D eigenvalue weighted by Gasteiger charge is -2.34. The number of alkyl halides is 1. The van der Waals surface area contributed by atoms with Crippen molar-refractivity contribution in [2.75, 3.05) is 18.0 Å². The lowest BCUT2D eigenvalue weighted by molar-refractivity contribution is -0.131. The molecule has 31 heavy (non-hydrogen) atoms. The van der Waals surface area contributed by atoms with E-state index in [-0.39, 0.29) is 10.1 Å². The molecule has 1 aliphatic carbocycles. The molecule has 1 saturated heterocycles. The third-order valence-electron chi connectivity index (χ3n) is 5.70. The number of aromatic nitrogens is 1. The van der Waals surface area contributed by atoms with E-state index in [1.54, 1.807) is 23.2 Å². The second-order valence-electron chi connectivity index (χ2n) is 9.35. The number of amides is 1. The molecule has 3 rings (SSSR count). The zero-order chi connectivity index (χ0) is 22.6. The van der Waals surface area contributed by atoms with Gasteiger partial charge in [-0.1, -0.05) is 35.4 Å². The van der Waals surface area contributed by atoms with Gasteiger partial charge in [0.2, 0.25) is 0 Å². The summed E-state index contributed by atoms with van der Waals surface area (Å²) < 4.78 is 5.91. The van der Waals surface area contributed by atoms with Crippen LogP contribution in [0, 0.1) is 5.92 Å². The Morgan fingerprint density at radius 2 is 2.00 bits per heavy atom. The van der Waals surface area contributed by atoms with Gasteiger partial charge in [-0.3, -0.25) is 9.80 Å². The third kappa shape index (κ3) is 6.65. The second kappa shape index (κ2) is 10.3. The maximum absolute atomic E-state index is 13.2. The van der Waals surface area contributed by atoms with E-state index in [0.717, 1.165) is 31.5 Å². The van der Waals surface area contributed by atoms with E-state index in [1.165, 1.54) is 31.8 Å². The van der Waals surface area contributed by atoms with Crippen LogP contribution in [0.2, 0.25) is 0 Å². The molecule has 0 aromatic carbocycles. The Kier molecular flexibility index (Phi) is 7.96. The zero-order valence-electron chi connectivity index (χ0n) is 18.5. The molecule has 8 heteroatoms. The lowest BCUT2D eigenvalue weighted by atomic mass is 10.1. The number of carbonyl (C=O) groups is 2. The van der Waals surface area contributed by atoms with Crippen molar-refractivity contribution in [2.45, 2.75) is 68.6 Å². The first kappa shape index (κ1) is 24.0. The summed E-state index contributed by atoms with van der Waals surface area (Å²) >= 11 is 2.45. The summed E-state index contributed by atoms with van der Waals surface area (Å²) in [5, 5.41) is 8.82. The van der Waals surface area contributed by atoms with E-state index in [2.05, 4.69) is 32.5 Å². The van der Waals surface area contributed by atoms with Crippen LogP contribution in [-0.2, 0) is 9.53 Å². The van der Waals surface area contributed by atoms with Gasteiger partial charge in [0, 0.05) is 25.4 Å². The van der Waals surface area contributed by atoms with Crippen molar-refractivity contribution in [3.8, 4) is 0 Å². The van der Waals surface area contributed by atoms with E-state index in [0.29, 0.717) is 11.4 Å². The van der Waals surface area contributed by atoms with Crippen molar-refractivity contribution in [3.63, 3.8) is 0 Å². The molecular formula is C23H32IN3O4. The fourth-order valence-electron chi connectivity index (χ4n) is 4.29. The minimum atomic E-state index is -1.01. The monoisotopic (exact) mass is 541 g/mol. The number of rotatable bonds is 6. The lowest BCUT2D eigenvalue weighted by Crippen LogP contribution is -2.48. The maximum Gasteiger partial charge on any atom is 0.416 e. The molecule has 0 bridgehead atoms. The molecule has 170 valence electrons. The molecule has 1 amide bonds. The van der Waals surface area contributed by atoms with Gasteiger partial charge >= 0.3 is 12.1 Å². The number of likely N-dealkylation sites (tertiary alicyclic amines) is 1. The molecule has 7 nitrogen and oxygen atoms in total. The van der Waals surface area contributed by atoms with Gasteiger partial charge in [0.15, 0.2) is 0 Å². The topological polar surface area (TPSA) is 83.0 Å². The van der Waals surface area contributed by atoms with Crippen molar-refractivity contribution >= 4 is 46.5 Å². The summed E-state index contributed by atoms with van der Waals surface area (Å²) in [6.07, 6.45) is 9.85. The molecule has 2 aliphatic rings. The van der Waals surface area contributed by atoms with Crippen molar-refractivity contribution in [3.05, 3.63) is 30.0 Å². The molecule has 0 spiro atoms. The van der Waals surface area contributed by atoms with Gasteiger partial charge in [0.05, 0.1) is 10.1 Å². The van der Waals surface area contributed by atoms with Crippen LogP contribution in [0.25, 0.3) is 6.08 Å². The largest absolute Gasteiger partial charge is 0.478 e. The average Bonchev–Trinajstić information content (AvgIpc) is 3.32. The van der Waals surface area contributed by atoms with Gasteiger partial charge in [0.25, 0.3) is 0 Å². The van der Waals surface area contributed by atoms with Gasteiger partial charge in [0.1, 0.15) is 11.4 Å². The summed E-state index contributed by atoms with van der Waals surface area (Å²) in [7, 11) is 0. The third-order valence-corrected chi connectivity index (χ3v) is 7.32. The van der Waals surface area contributed by atoms with Crippen LogP contribution in [0.4, 0.5) is 10.6 Å². The number of pyridine rings is 1. The smallest absolute Gasteiger partial charge is 0.416 e. The maximum atomic E-state index is 13.2. The predicted molar refractivity (Wildman–Crippen MR) is 129 cm³/mol. The minimum absolute atomic E-state index is 0.0373. The zero-order valence-corrected chi connectivity index (χ0v) is 20.6. The van der Waals surface area contributed by atoms with Crippen LogP contribution in [0.3, 0.4) is 0 Å². The highest BCUT2D eigenvalue weighted by Gasteiger charge is 2.41. The molecule has 0 radical (unpaired) electrons. The van der Waals surface area contributed by atoms with Crippen LogP contribution in [0.5, 0.6) is 0 Å². The number of aliphatic carboxylic acids is 1. The normalized spacial score (nSPS) is 22.8. The van der Waals surface area contributed by atoms with Gasteiger partial charge in [-0.05, 0) is 69.7 Å². The Morgan fingerprint density at radius 1 is 1.29 bits per heavy atom. The quantitative estimate of drug-likeness (QED) is 0.238. The molecule has 1 unspecified atom stereocenters. The first-order valence-electron chi connectivity index (χ1n) is 10.9. The first-order valence-corrected chi connectivity index (χ1v) is 12.2. The predicted octanol–water partition coefficient (Wildman–Crippen LogP) is 4.95. The highest BCUT2D eigenvalue weighted by molar-refractivity contribution is 14.1. The van der Waals surface area contributed by atoms with E-state index in [9.17, 15) is 9.59 Å². The molecule has 1 N–H and O–H groups in total. The van der Waals surface area contributed by atoms with E-state index < -0.39 is 17.7 Å². The van der Waals surface area contributed by atoms with Gasteiger partial charge < -0.3 is 9.84 Å². The molecule has 2 heterocycles. The highest BCUT2D eigenvalue weighted by atomic mass is 127. The Balaban J connectivity index is 1.81. The molecule has 1 saturated carbocycles. The van der Waals surface area contributed by atoms with Gasteiger partial charge in [-0.25, -0.2) is 14.6 Å². The number of hydrogen-bond acceptors (Lipinski definition) is 5. The van der Waals surface area contributed by atoms with E-state index in [1.807, 2.05) is 20.8 Å². The highest BCUT2D eigenvalue weighted by Crippen LogP contribution is 2.34. The summed E-state index contributed by atoms with van der Waals surface area (Å²) in [5.41, 5.74) is 0.0539. The Morgan fingerprint density at radius 3 is 2.58 bits per heavy atom. The Labute approximate surface area is 198 Å². The second-order valence-corrected chi connectivity index (χ2v) is 10.6. The summed E-state index contributed by atoms with van der Waals surface area (Å²) in [4.78, 5) is 32.6. The SMILES string of the molecule is CC(C)(C)OC(=O)N(c1ccc(C=CC(=O)O)cn1)[C@@H]1CCN(CC2CCCC2)C1I. The van der Waals surface area contributed by atoms with Gasteiger partial charge in [-0.2, -0.15) is 0 Å². The molecule has 1 aromatic heterocycles. The van der Waals surface area contributed by atoms with E-state index in [4.69, 9.17) is 9.84 Å². The summed E-state index contributed by atoms with van der Waals surface area (Å²) in [5.74, 6) is 0.265. The molecule has 1 aromatic rings. The van der Waals surface area contributed by atoms with Crippen molar-refractivity contribution in [2.24, 2.45) is 5.92 Å². The molecular weight excluding hydrogens is 509 g/mol. The number of anilines is 1. The van der Waals surface area contributed by atoms with Crippen LogP contribution >= 0.6 is 22.6 Å². The first-order chi connectivity index (χ1) is 14.6. The standard InChI is InChI=1S/C23H32IN3O4/c1-23(2,3)31-22(30)27(19-10-8-16(14-25-19)9-11-20(28)29)18-12-13-26(21(18)24)15-17-6-4-5-7-17/h8-11,14,17-18,21H,4-7,12-13,15H2,1-3H3,(H,28,29)/t18-,21?/m1/s1. The number of carbonyl (C=O) groups excluding carboxylic acids is 1. The van der Waals surface area contributed by atoms with Crippen molar-refractivity contribution in [1.82, 2.24) is 9.88 Å². The summed E-state index contributed by atoms with van der Waals surface area (Å²) in [6.45, 7) is 7.61. The Hall–Kier alpha value is -1.68. The van der Waals surface area contributed by atoms with Crippen molar-refractivity contribution < 1.29 is 19.4 Å². The summed E-state index contributed by atoms with van der Waals surface area (Å²) in [6, 6.07) is 3.49. The number of nitrogens with zero attached hydrogens (tertiary/aromatic N) is 3. The number of ether oxygens (including phenoxy) is 1. The number of hydrogen-bond donors (Lipinski definition) is 1. The average molecular weight is 541 g/mol. The number of halogens is 1. The molecule has 2 fully saturated rings. The number of carboxylic acids is 1. The van der Waals surface area contributed by atoms with Crippen LogP contribution in [0.15, 0.2) is 24.4 Å². The van der Waals surface area contributed by atoms with Crippen LogP contribution in [-0.4, -0.2) is 55.8 Å². The van der Waals surface area contributed by atoms with Gasteiger partial charge in [-0.15, -0.1) is 0 Å². The van der Waals surface area contributed by atoms with Crippen molar-refractivity contribution in [1.29, 1.82) is 0 Å². The fraction of sp³-hybridized carbons (Fsp3) is 0.609. The van der Waals surface area contributed by atoms with Crippen LogP contribution < -0.4 is 4.90 Å². The van der Waals surface area contributed by atoms with Crippen LogP contribution in [0.1, 0.15) is 58.4 Å². The molecule has 1 aliphatic heterocycles.